The van der Waals surface area contributed by atoms with E-state index in [0.29, 0.717) is 12.6 Å². The number of halogens is 2. The average Bonchev–Trinajstić information content (AvgIpc) is 3.02. The largest absolute Gasteiger partial charge is 0.357 e. The predicted molar refractivity (Wildman–Crippen MR) is 110 cm³/mol. The first-order chi connectivity index (χ1) is 11.1. The summed E-state index contributed by atoms with van der Waals surface area (Å²) in [5.74, 6) is 0.633. The van der Waals surface area contributed by atoms with E-state index in [9.17, 15) is 4.39 Å². The zero-order valence-corrected chi connectivity index (χ0v) is 17.0. The van der Waals surface area contributed by atoms with Gasteiger partial charge in [-0.1, -0.05) is 24.3 Å². The first-order valence-electron chi connectivity index (χ1n) is 8.22. The van der Waals surface area contributed by atoms with Gasteiger partial charge in [-0.15, -0.1) is 24.0 Å². The van der Waals surface area contributed by atoms with Crippen molar-refractivity contribution in [2.75, 3.05) is 27.2 Å². The van der Waals surface area contributed by atoms with Crippen molar-refractivity contribution in [3.8, 4) is 0 Å². The molecule has 0 saturated heterocycles. The second-order valence-corrected chi connectivity index (χ2v) is 6.03. The maximum Gasteiger partial charge on any atom is 0.191 e. The van der Waals surface area contributed by atoms with Gasteiger partial charge in [0.1, 0.15) is 5.82 Å². The molecule has 0 radical (unpaired) electrons. The molecule has 24 heavy (non-hydrogen) atoms. The second-order valence-electron chi connectivity index (χ2n) is 6.03. The Balaban J connectivity index is 0.00000288. The quantitative estimate of drug-likeness (QED) is 0.305. The normalized spacial score (nSPS) is 16.1. The van der Waals surface area contributed by atoms with Crippen molar-refractivity contribution in [2.24, 2.45) is 4.99 Å². The number of aliphatic imine (C=N–C) groups is 1. The van der Waals surface area contributed by atoms with Gasteiger partial charge in [0.2, 0.25) is 0 Å². The van der Waals surface area contributed by atoms with Crippen LogP contribution in [0.5, 0.6) is 0 Å². The summed E-state index contributed by atoms with van der Waals surface area (Å²) in [5, 5.41) is 6.77. The third-order valence-corrected chi connectivity index (χ3v) is 3.99. The lowest BCUT2D eigenvalue weighted by Crippen LogP contribution is -2.43. The number of hydrogen-bond acceptors (Lipinski definition) is 2. The molecule has 0 bridgehead atoms. The van der Waals surface area contributed by atoms with Crippen LogP contribution in [-0.2, 0) is 0 Å². The van der Waals surface area contributed by atoms with Gasteiger partial charge in [0, 0.05) is 12.6 Å². The Morgan fingerprint density at radius 1 is 1.25 bits per heavy atom. The van der Waals surface area contributed by atoms with Crippen molar-refractivity contribution in [1.82, 2.24) is 15.5 Å². The molecule has 2 rings (SSSR count). The number of benzene rings is 1. The molecule has 0 saturated carbocycles. The second kappa shape index (κ2) is 10.7. The summed E-state index contributed by atoms with van der Waals surface area (Å²) in [4.78, 5) is 6.84. The van der Waals surface area contributed by atoms with E-state index in [2.05, 4.69) is 34.6 Å². The van der Waals surface area contributed by atoms with Gasteiger partial charge in [0.15, 0.2) is 5.96 Å². The van der Waals surface area contributed by atoms with Gasteiger partial charge in [-0.25, -0.2) is 4.39 Å². The van der Waals surface area contributed by atoms with Crippen molar-refractivity contribution in [2.45, 2.75) is 31.8 Å². The lowest BCUT2D eigenvalue weighted by Gasteiger charge is -2.24. The van der Waals surface area contributed by atoms with Gasteiger partial charge in [-0.05, 0) is 51.6 Å². The van der Waals surface area contributed by atoms with Gasteiger partial charge < -0.3 is 15.5 Å². The molecule has 1 aliphatic rings. The third-order valence-electron chi connectivity index (χ3n) is 3.99. The number of nitrogens with one attached hydrogen (secondary N) is 2. The summed E-state index contributed by atoms with van der Waals surface area (Å²) in [6.45, 7) is 3.51. The van der Waals surface area contributed by atoms with E-state index in [1.165, 1.54) is 12.1 Å². The minimum Gasteiger partial charge on any atom is -0.357 e. The van der Waals surface area contributed by atoms with E-state index in [-0.39, 0.29) is 35.8 Å². The Morgan fingerprint density at radius 3 is 2.42 bits per heavy atom. The maximum absolute atomic E-state index is 13.1. The monoisotopic (exact) mass is 446 g/mol. The van der Waals surface area contributed by atoms with Crippen LogP contribution in [0.15, 0.2) is 41.4 Å². The van der Waals surface area contributed by atoms with Crippen LogP contribution >= 0.6 is 24.0 Å². The van der Waals surface area contributed by atoms with Crippen LogP contribution < -0.4 is 10.6 Å². The zero-order chi connectivity index (χ0) is 16.7. The summed E-state index contributed by atoms with van der Waals surface area (Å²) in [6.07, 6.45) is 6.48. The predicted octanol–water partition coefficient (Wildman–Crippen LogP) is 3.32. The molecule has 4 nitrogen and oxygen atoms in total. The van der Waals surface area contributed by atoms with E-state index >= 15 is 0 Å². The number of nitrogens with zero attached hydrogens (tertiary/aromatic N) is 2. The van der Waals surface area contributed by atoms with E-state index in [4.69, 9.17) is 4.99 Å². The standard InChI is InChI=1S/C18H27FN4.HI/c1-4-20-18(22-16-7-5-6-8-16)21-13-17(23(2)3)14-9-11-15(19)12-10-14;/h5-6,9-12,16-17H,4,7-8,13H2,1-3H3,(H2,20,21,22);1H. The molecule has 1 aliphatic carbocycles. The molecule has 134 valence electrons. The van der Waals surface area contributed by atoms with Crippen LogP contribution in [0.1, 0.15) is 31.4 Å². The van der Waals surface area contributed by atoms with Crippen LogP contribution in [0.3, 0.4) is 0 Å². The van der Waals surface area contributed by atoms with Crippen LogP contribution in [-0.4, -0.2) is 44.1 Å². The van der Waals surface area contributed by atoms with Crippen molar-refractivity contribution in [3.63, 3.8) is 0 Å². The fraction of sp³-hybridized carbons (Fsp3) is 0.500. The van der Waals surface area contributed by atoms with Crippen molar-refractivity contribution < 1.29 is 4.39 Å². The molecule has 0 heterocycles. The van der Waals surface area contributed by atoms with E-state index in [0.717, 1.165) is 30.9 Å². The van der Waals surface area contributed by atoms with Crippen LogP contribution in [0, 0.1) is 5.82 Å². The molecular weight excluding hydrogens is 418 g/mol. The Hall–Kier alpha value is -1.15. The Bertz CT molecular complexity index is 534. The van der Waals surface area contributed by atoms with Gasteiger partial charge in [0.05, 0.1) is 12.6 Å². The first-order valence-corrected chi connectivity index (χ1v) is 8.22. The lowest BCUT2D eigenvalue weighted by atomic mass is 10.1. The van der Waals surface area contributed by atoms with Gasteiger partial charge in [-0.2, -0.15) is 0 Å². The molecule has 0 spiro atoms. The smallest absolute Gasteiger partial charge is 0.191 e. The van der Waals surface area contributed by atoms with E-state index in [1.807, 2.05) is 26.2 Å². The maximum atomic E-state index is 13.1. The van der Waals surface area contributed by atoms with Gasteiger partial charge in [-0.3, -0.25) is 4.99 Å². The highest BCUT2D eigenvalue weighted by Gasteiger charge is 2.15. The average molecular weight is 446 g/mol. The summed E-state index contributed by atoms with van der Waals surface area (Å²) >= 11 is 0. The molecule has 1 atom stereocenters. The Morgan fingerprint density at radius 2 is 1.88 bits per heavy atom. The SMILES string of the molecule is CCNC(=NCC(c1ccc(F)cc1)N(C)C)NC1CC=CC1.I. The summed E-state index contributed by atoms with van der Waals surface area (Å²) in [7, 11) is 4.04. The highest BCUT2D eigenvalue weighted by atomic mass is 127. The molecule has 1 aromatic carbocycles. The van der Waals surface area contributed by atoms with Crippen molar-refractivity contribution >= 4 is 29.9 Å². The van der Waals surface area contributed by atoms with Crippen molar-refractivity contribution in [3.05, 3.63) is 47.8 Å². The number of guanidine groups is 1. The number of rotatable bonds is 6. The fourth-order valence-electron chi connectivity index (χ4n) is 2.68. The molecule has 0 amide bonds. The highest BCUT2D eigenvalue weighted by molar-refractivity contribution is 14.0. The molecule has 6 heteroatoms. The molecular formula is C18H28FIN4. The topological polar surface area (TPSA) is 39.7 Å². The van der Waals surface area contributed by atoms with E-state index in [1.54, 1.807) is 0 Å². The molecule has 0 aromatic heterocycles. The van der Waals surface area contributed by atoms with Gasteiger partial charge in [0.25, 0.3) is 0 Å². The summed E-state index contributed by atoms with van der Waals surface area (Å²) < 4.78 is 13.1. The lowest BCUT2D eigenvalue weighted by molar-refractivity contribution is 0.306. The Labute approximate surface area is 161 Å². The highest BCUT2D eigenvalue weighted by Crippen LogP contribution is 2.19. The molecule has 1 aromatic rings. The minimum atomic E-state index is -0.210. The summed E-state index contributed by atoms with van der Waals surface area (Å²) in [5.41, 5.74) is 1.07. The molecule has 0 aliphatic heterocycles. The van der Waals surface area contributed by atoms with Crippen LogP contribution in [0.25, 0.3) is 0 Å². The van der Waals surface area contributed by atoms with E-state index < -0.39 is 0 Å². The zero-order valence-electron chi connectivity index (χ0n) is 14.6. The minimum absolute atomic E-state index is 0. The van der Waals surface area contributed by atoms with Crippen molar-refractivity contribution in [1.29, 1.82) is 0 Å². The number of hydrogen-bond donors (Lipinski definition) is 2. The van der Waals surface area contributed by atoms with Crippen LogP contribution in [0.2, 0.25) is 0 Å². The summed E-state index contributed by atoms with van der Waals surface area (Å²) in [6, 6.07) is 7.21. The Kier molecular flexibility index (Phi) is 9.28. The molecule has 0 fully saturated rings. The molecule has 2 N–H and O–H groups in total. The van der Waals surface area contributed by atoms with Gasteiger partial charge >= 0.3 is 0 Å². The van der Waals surface area contributed by atoms with Crippen LogP contribution in [0.4, 0.5) is 4.39 Å². The first kappa shape index (κ1) is 20.9. The third kappa shape index (κ3) is 6.39. The molecule has 1 unspecified atom stereocenters. The number of likely N-dealkylation sites (N-methyl/N-ethyl adjacent to an activating group) is 1. The fourth-order valence-corrected chi connectivity index (χ4v) is 2.68.